The van der Waals surface area contributed by atoms with Crippen LogP contribution in [-0.2, 0) is 0 Å². The number of pyridine rings is 2. The highest BCUT2D eigenvalue weighted by atomic mass is 16.5. The lowest BCUT2D eigenvalue weighted by atomic mass is 9.97. The van der Waals surface area contributed by atoms with E-state index in [4.69, 9.17) is 10.00 Å². The van der Waals surface area contributed by atoms with Gasteiger partial charge in [0, 0.05) is 25.5 Å². The summed E-state index contributed by atoms with van der Waals surface area (Å²) in [5, 5.41) is 10.1. The van der Waals surface area contributed by atoms with Crippen molar-refractivity contribution in [2.75, 3.05) is 24.6 Å². The summed E-state index contributed by atoms with van der Waals surface area (Å²) in [5.74, 6) is 1.80. The first-order valence-electron chi connectivity index (χ1n) is 8.64. The van der Waals surface area contributed by atoms with Crippen LogP contribution in [0.25, 0.3) is 11.0 Å². The number of anilines is 1. The van der Waals surface area contributed by atoms with Crippen LogP contribution in [0.15, 0.2) is 43.0 Å². The Hall–Kier alpha value is -3.27. The molecule has 0 amide bonds. The number of nitrogens with zero attached hydrogens (tertiary/aromatic N) is 6. The molecular formula is C19H18N6O. The van der Waals surface area contributed by atoms with Crippen molar-refractivity contribution in [1.29, 1.82) is 5.26 Å². The normalized spacial score (nSPS) is 15.0. The van der Waals surface area contributed by atoms with Crippen molar-refractivity contribution in [2.45, 2.75) is 12.8 Å². The Labute approximate surface area is 151 Å². The van der Waals surface area contributed by atoms with Crippen molar-refractivity contribution in [3.63, 3.8) is 0 Å². The Morgan fingerprint density at radius 3 is 2.73 bits per heavy atom. The number of piperidine rings is 1. The van der Waals surface area contributed by atoms with E-state index in [1.165, 1.54) is 0 Å². The zero-order valence-corrected chi connectivity index (χ0v) is 14.2. The van der Waals surface area contributed by atoms with Gasteiger partial charge in [-0.3, -0.25) is 0 Å². The molecule has 4 heterocycles. The average Bonchev–Trinajstić information content (AvgIpc) is 2.72. The van der Waals surface area contributed by atoms with E-state index in [1.54, 1.807) is 30.9 Å². The highest BCUT2D eigenvalue weighted by Gasteiger charge is 2.22. The van der Waals surface area contributed by atoms with Crippen molar-refractivity contribution in [2.24, 2.45) is 5.92 Å². The standard InChI is InChI=1S/C19H18N6O/c20-11-15-3-1-8-22-19(15)26-12-14-5-9-25(10-6-14)18-16-4-2-7-21-17(16)23-13-24-18/h1-4,7-8,13-14H,5-6,9-10,12H2. The fourth-order valence-corrected chi connectivity index (χ4v) is 3.23. The molecule has 0 spiro atoms. The molecule has 0 unspecified atom stereocenters. The van der Waals surface area contributed by atoms with Gasteiger partial charge in [0.15, 0.2) is 5.65 Å². The van der Waals surface area contributed by atoms with Gasteiger partial charge in [0.25, 0.3) is 0 Å². The number of ether oxygens (including phenoxy) is 1. The summed E-state index contributed by atoms with van der Waals surface area (Å²) in [7, 11) is 0. The van der Waals surface area contributed by atoms with Crippen molar-refractivity contribution >= 4 is 16.9 Å². The van der Waals surface area contributed by atoms with Crippen LogP contribution in [0.4, 0.5) is 5.82 Å². The van der Waals surface area contributed by atoms with Crippen molar-refractivity contribution in [3.05, 3.63) is 48.5 Å². The SMILES string of the molecule is N#Cc1cccnc1OCC1CCN(c2ncnc3ncccc23)CC1. The first kappa shape index (κ1) is 16.2. The Bertz CT molecular complexity index is 941. The minimum absolute atomic E-state index is 0.422. The monoisotopic (exact) mass is 346 g/mol. The molecule has 0 radical (unpaired) electrons. The summed E-state index contributed by atoms with van der Waals surface area (Å²) in [4.78, 5) is 19.4. The van der Waals surface area contributed by atoms with Crippen LogP contribution in [0.5, 0.6) is 5.88 Å². The van der Waals surface area contributed by atoms with Gasteiger partial charge in [0.05, 0.1) is 12.0 Å². The Kier molecular flexibility index (Phi) is 4.56. The summed E-state index contributed by atoms with van der Waals surface area (Å²) < 4.78 is 5.79. The Balaban J connectivity index is 1.39. The van der Waals surface area contributed by atoms with Crippen LogP contribution in [0, 0.1) is 17.2 Å². The number of hydrogen-bond acceptors (Lipinski definition) is 7. The zero-order chi connectivity index (χ0) is 17.8. The molecule has 1 aliphatic rings. The minimum atomic E-state index is 0.422. The molecule has 26 heavy (non-hydrogen) atoms. The molecule has 0 atom stereocenters. The maximum atomic E-state index is 9.11. The Morgan fingerprint density at radius 2 is 1.88 bits per heavy atom. The molecule has 3 aromatic heterocycles. The molecule has 0 N–H and O–H groups in total. The molecule has 0 bridgehead atoms. The van der Waals surface area contributed by atoms with Gasteiger partial charge in [-0.1, -0.05) is 0 Å². The third-order valence-corrected chi connectivity index (χ3v) is 4.65. The molecule has 0 aromatic carbocycles. The fourth-order valence-electron chi connectivity index (χ4n) is 3.23. The number of fused-ring (bicyclic) bond motifs is 1. The van der Waals surface area contributed by atoms with Gasteiger partial charge in [0.1, 0.15) is 23.8 Å². The molecule has 3 aromatic rings. The number of hydrogen-bond donors (Lipinski definition) is 0. The number of rotatable bonds is 4. The molecule has 4 rings (SSSR count). The average molecular weight is 346 g/mol. The second kappa shape index (κ2) is 7.31. The Morgan fingerprint density at radius 1 is 1.08 bits per heavy atom. The summed E-state index contributed by atoms with van der Waals surface area (Å²) in [5.41, 5.74) is 1.20. The van der Waals surface area contributed by atoms with Crippen LogP contribution < -0.4 is 9.64 Å². The third-order valence-electron chi connectivity index (χ3n) is 4.65. The molecule has 1 saturated heterocycles. The maximum Gasteiger partial charge on any atom is 0.231 e. The smallest absolute Gasteiger partial charge is 0.231 e. The fraction of sp³-hybridized carbons (Fsp3) is 0.316. The van der Waals surface area contributed by atoms with Gasteiger partial charge in [-0.25, -0.2) is 19.9 Å². The number of nitriles is 1. The van der Waals surface area contributed by atoms with Gasteiger partial charge in [-0.05, 0) is 43.0 Å². The summed E-state index contributed by atoms with van der Waals surface area (Å²) in [6.45, 7) is 2.39. The highest BCUT2D eigenvalue weighted by molar-refractivity contribution is 5.86. The van der Waals surface area contributed by atoms with Gasteiger partial charge in [-0.2, -0.15) is 5.26 Å². The first-order chi connectivity index (χ1) is 12.8. The molecule has 1 aliphatic heterocycles. The van der Waals surface area contributed by atoms with Gasteiger partial charge < -0.3 is 9.64 Å². The van der Waals surface area contributed by atoms with E-state index in [1.807, 2.05) is 12.1 Å². The van der Waals surface area contributed by atoms with Crippen molar-refractivity contribution in [1.82, 2.24) is 19.9 Å². The van der Waals surface area contributed by atoms with Crippen LogP contribution in [0.1, 0.15) is 18.4 Å². The van der Waals surface area contributed by atoms with Crippen LogP contribution in [-0.4, -0.2) is 39.6 Å². The summed E-state index contributed by atoms with van der Waals surface area (Å²) in [6, 6.07) is 9.50. The van der Waals surface area contributed by atoms with Crippen molar-refractivity contribution in [3.8, 4) is 11.9 Å². The zero-order valence-electron chi connectivity index (χ0n) is 14.2. The van der Waals surface area contributed by atoms with Gasteiger partial charge in [0.2, 0.25) is 5.88 Å². The topological polar surface area (TPSA) is 87.8 Å². The highest BCUT2D eigenvalue weighted by Crippen LogP contribution is 2.27. The molecule has 130 valence electrons. The lowest BCUT2D eigenvalue weighted by Gasteiger charge is -2.33. The minimum Gasteiger partial charge on any atom is -0.476 e. The molecule has 0 aliphatic carbocycles. The maximum absolute atomic E-state index is 9.11. The molecule has 7 heteroatoms. The van der Waals surface area contributed by atoms with Crippen LogP contribution in [0.2, 0.25) is 0 Å². The van der Waals surface area contributed by atoms with Crippen LogP contribution >= 0.6 is 0 Å². The van der Waals surface area contributed by atoms with E-state index in [-0.39, 0.29) is 0 Å². The lowest BCUT2D eigenvalue weighted by Crippen LogP contribution is -2.36. The van der Waals surface area contributed by atoms with Crippen LogP contribution in [0.3, 0.4) is 0 Å². The predicted octanol–water partition coefficient (Wildman–Crippen LogP) is 2.59. The van der Waals surface area contributed by atoms with E-state index >= 15 is 0 Å². The summed E-state index contributed by atoms with van der Waals surface area (Å²) >= 11 is 0. The molecule has 7 nitrogen and oxygen atoms in total. The third kappa shape index (κ3) is 3.26. The van der Waals surface area contributed by atoms with Crippen molar-refractivity contribution < 1.29 is 4.74 Å². The van der Waals surface area contributed by atoms with E-state index in [9.17, 15) is 0 Å². The first-order valence-corrected chi connectivity index (χ1v) is 8.64. The van der Waals surface area contributed by atoms with E-state index in [2.05, 4.69) is 30.9 Å². The van der Waals surface area contributed by atoms with Gasteiger partial charge >= 0.3 is 0 Å². The largest absolute Gasteiger partial charge is 0.476 e. The second-order valence-electron chi connectivity index (χ2n) is 6.28. The second-order valence-corrected chi connectivity index (χ2v) is 6.28. The lowest BCUT2D eigenvalue weighted by molar-refractivity contribution is 0.215. The van der Waals surface area contributed by atoms with E-state index < -0.39 is 0 Å². The molecule has 1 fully saturated rings. The van der Waals surface area contributed by atoms with E-state index in [0.29, 0.717) is 24.0 Å². The summed E-state index contributed by atoms with van der Waals surface area (Å²) in [6.07, 6.45) is 6.97. The van der Waals surface area contributed by atoms with Gasteiger partial charge in [-0.15, -0.1) is 0 Å². The number of aromatic nitrogens is 4. The predicted molar refractivity (Wildman–Crippen MR) is 96.7 cm³/mol. The molecular weight excluding hydrogens is 328 g/mol. The quantitative estimate of drug-likeness (QED) is 0.717. The van der Waals surface area contributed by atoms with E-state index in [0.717, 1.165) is 42.8 Å². The molecule has 0 saturated carbocycles.